The van der Waals surface area contributed by atoms with E-state index in [2.05, 4.69) is 11.4 Å². The Balaban J connectivity index is 2.10. The number of phenolic OH excluding ortho intramolecular Hbond substituents is 1. The molecule has 0 saturated carbocycles. The normalized spacial score (nSPS) is 20.6. The second-order valence-corrected chi connectivity index (χ2v) is 4.73. The molecule has 1 aliphatic heterocycles. The SMILES string of the molecule is N#CC1C(=O)c2ccc(O)cc2NC1c1ccccc1. The maximum Gasteiger partial charge on any atom is 0.184 e. The highest BCUT2D eigenvalue weighted by molar-refractivity contribution is 6.06. The molecular weight excluding hydrogens is 252 g/mol. The lowest BCUT2D eigenvalue weighted by Gasteiger charge is -2.30. The lowest BCUT2D eigenvalue weighted by atomic mass is 9.83. The Morgan fingerprint density at radius 2 is 1.90 bits per heavy atom. The predicted octanol–water partition coefficient (Wildman–Crippen LogP) is 2.88. The molecule has 0 amide bonds. The van der Waals surface area contributed by atoms with Crippen molar-refractivity contribution in [3.63, 3.8) is 0 Å². The summed E-state index contributed by atoms with van der Waals surface area (Å²) in [4.78, 5) is 12.4. The van der Waals surface area contributed by atoms with Gasteiger partial charge in [0.25, 0.3) is 0 Å². The van der Waals surface area contributed by atoms with Crippen LogP contribution in [0, 0.1) is 17.2 Å². The molecule has 2 atom stereocenters. The highest BCUT2D eigenvalue weighted by Crippen LogP contribution is 2.37. The van der Waals surface area contributed by atoms with Crippen molar-refractivity contribution in [2.24, 2.45) is 5.92 Å². The molecule has 0 radical (unpaired) electrons. The summed E-state index contributed by atoms with van der Waals surface area (Å²) < 4.78 is 0. The Morgan fingerprint density at radius 1 is 1.15 bits per heavy atom. The van der Waals surface area contributed by atoms with Crippen LogP contribution < -0.4 is 5.32 Å². The third-order valence-corrected chi connectivity index (χ3v) is 3.49. The van der Waals surface area contributed by atoms with Crippen molar-refractivity contribution in [1.82, 2.24) is 0 Å². The van der Waals surface area contributed by atoms with Gasteiger partial charge in [-0.25, -0.2) is 0 Å². The topological polar surface area (TPSA) is 73.1 Å². The first-order chi connectivity index (χ1) is 9.70. The molecular formula is C16H12N2O2. The van der Waals surface area contributed by atoms with Gasteiger partial charge < -0.3 is 10.4 Å². The summed E-state index contributed by atoms with van der Waals surface area (Å²) >= 11 is 0. The lowest BCUT2D eigenvalue weighted by molar-refractivity contribution is 0.0933. The smallest absolute Gasteiger partial charge is 0.184 e. The quantitative estimate of drug-likeness (QED) is 0.830. The van der Waals surface area contributed by atoms with Gasteiger partial charge in [-0.3, -0.25) is 4.79 Å². The van der Waals surface area contributed by atoms with Crippen LogP contribution in [0.5, 0.6) is 5.75 Å². The molecule has 1 aliphatic rings. The van der Waals surface area contributed by atoms with E-state index in [-0.39, 0.29) is 11.5 Å². The fourth-order valence-corrected chi connectivity index (χ4v) is 2.51. The van der Waals surface area contributed by atoms with Crippen molar-refractivity contribution in [1.29, 1.82) is 5.26 Å². The van der Waals surface area contributed by atoms with Crippen LogP contribution in [-0.4, -0.2) is 10.9 Å². The number of nitrogens with one attached hydrogen (secondary N) is 1. The molecule has 2 aromatic carbocycles. The van der Waals surface area contributed by atoms with E-state index < -0.39 is 12.0 Å². The van der Waals surface area contributed by atoms with Crippen LogP contribution in [-0.2, 0) is 0 Å². The van der Waals surface area contributed by atoms with Crippen molar-refractivity contribution in [2.45, 2.75) is 6.04 Å². The van der Waals surface area contributed by atoms with Gasteiger partial charge in [-0.1, -0.05) is 30.3 Å². The maximum atomic E-state index is 12.4. The number of phenols is 1. The Labute approximate surface area is 116 Å². The molecule has 3 rings (SSSR count). The number of rotatable bonds is 1. The molecule has 4 nitrogen and oxygen atoms in total. The van der Waals surface area contributed by atoms with Crippen molar-refractivity contribution in [3.05, 3.63) is 59.7 Å². The zero-order chi connectivity index (χ0) is 14.1. The van der Waals surface area contributed by atoms with E-state index in [1.54, 1.807) is 6.07 Å². The first kappa shape index (κ1) is 12.2. The van der Waals surface area contributed by atoms with E-state index in [0.717, 1.165) is 5.56 Å². The van der Waals surface area contributed by atoms with E-state index in [4.69, 9.17) is 0 Å². The van der Waals surface area contributed by atoms with Gasteiger partial charge in [0.05, 0.1) is 12.1 Å². The fraction of sp³-hybridized carbons (Fsp3) is 0.125. The van der Waals surface area contributed by atoms with Gasteiger partial charge in [0, 0.05) is 17.3 Å². The number of nitrogens with zero attached hydrogens (tertiary/aromatic N) is 1. The number of nitriles is 1. The van der Waals surface area contributed by atoms with Crippen molar-refractivity contribution >= 4 is 11.5 Å². The maximum absolute atomic E-state index is 12.4. The largest absolute Gasteiger partial charge is 0.508 e. The fourth-order valence-electron chi connectivity index (χ4n) is 2.51. The van der Waals surface area contributed by atoms with E-state index >= 15 is 0 Å². The van der Waals surface area contributed by atoms with Gasteiger partial charge in [0.15, 0.2) is 5.78 Å². The highest BCUT2D eigenvalue weighted by atomic mass is 16.3. The lowest BCUT2D eigenvalue weighted by Crippen LogP contribution is -2.32. The molecule has 0 saturated heterocycles. The third kappa shape index (κ3) is 1.90. The second kappa shape index (κ2) is 4.71. The first-order valence-corrected chi connectivity index (χ1v) is 6.29. The van der Waals surface area contributed by atoms with Gasteiger partial charge in [-0.05, 0) is 17.7 Å². The highest BCUT2D eigenvalue weighted by Gasteiger charge is 2.36. The molecule has 2 N–H and O–H groups in total. The molecule has 0 bridgehead atoms. The Hall–Kier alpha value is -2.80. The first-order valence-electron chi connectivity index (χ1n) is 6.29. The van der Waals surface area contributed by atoms with E-state index in [1.165, 1.54) is 12.1 Å². The standard InChI is InChI=1S/C16H12N2O2/c17-9-13-15(10-4-2-1-3-5-10)18-14-8-11(19)6-7-12(14)16(13)20/h1-8,13,15,18-19H. The summed E-state index contributed by atoms with van der Waals surface area (Å²) in [5.74, 6) is -0.893. The molecule has 98 valence electrons. The van der Waals surface area contributed by atoms with Crippen LogP contribution in [0.3, 0.4) is 0 Å². The van der Waals surface area contributed by atoms with Crippen LogP contribution in [0.2, 0.25) is 0 Å². The number of anilines is 1. The predicted molar refractivity (Wildman–Crippen MR) is 74.3 cm³/mol. The van der Waals surface area contributed by atoms with Crippen molar-refractivity contribution in [3.8, 4) is 11.8 Å². The van der Waals surface area contributed by atoms with Crippen LogP contribution in [0.4, 0.5) is 5.69 Å². The third-order valence-electron chi connectivity index (χ3n) is 3.49. The summed E-state index contributed by atoms with van der Waals surface area (Å²) in [7, 11) is 0. The van der Waals surface area contributed by atoms with Crippen molar-refractivity contribution < 1.29 is 9.90 Å². The molecule has 0 aromatic heterocycles. The summed E-state index contributed by atoms with van der Waals surface area (Å²) in [6.45, 7) is 0. The average Bonchev–Trinajstić information content (AvgIpc) is 2.47. The van der Waals surface area contributed by atoms with Crippen molar-refractivity contribution in [2.75, 3.05) is 5.32 Å². The molecule has 0 aliphatic carbocycles. The zero-order valence-electron chi connectivity index (χ0n) is 10.6. The van der Waals surface area contributed by atoms with E-state index in [9.17, 15) is 15.2 Å². The number of carbonyl (C=O) groups is 1. The Kier molecular flexibility index (Phi) is 2.88. The summed E-state index contributed by atoms with van der Waals surface area (Å²) in [6, 6.07) is 15.6. The number of fused-ring (bicyclic) bond motifs is 1. The number of carbonyl (C=O) groups excluding carboxylic acids is 1. The average molecular weight is 264 g/mol. The van der Waals surface area contributed by atoms with Gasteiger partial charge in [-0.15, -0.1) is 0 Å². The number of hydrogen-bond donors (Lipinski definition) is 2. The molecule has 1 heterocycles. The number of Topliss-reactive ketones (excluding diaryl/α,β-unsaturated/α-hetero) is 1. The van der Waals surface area contributed by atoms with Crippen LogP contribution in [0.25, 0.3) is 0 Å². The number of aromatic hydroxyl groups is 1. The van der Waals surface area contributed by atoms with Gasteiger partial charge in [0.2, 0.25) is 0 Å². The molecule has 20 heavy (non-hydrogen) atoms. The Morgan fingerprint density at radius 3 is 2.60 bits per heavy atom. The van der Waals surface area contributed by atoms with Gasteiger partial charge in [-0.2, -0.15) is 5.26 Å². The molecule has 2 aromatic rings. The van der Waals surface area contributed by atoms with Crippen LogP contribution in [0.1, 0.15) is 22.0 Å². The zero-order valence-corrected chi connectivity index (χ0v) is 10.6. The minimum atomic E-state index is -0.769. The van der Waals surface area contributed by atoms with E-state index in [0.29, 0.717) is 11.3 Å². The molecule has 0 fully saturated rings. The summed E-state index contributed by atoms with van der Waals surface area (Å²) in [6.07, 6.45) is 0. The monoisotopic (exact) mass is 264 g/mol. The molecule has 0 spiro atoms. The van der Waals surface area contributed by atoms with Gasteiger partial charge in [0.1, 0.15) is 11.7 Å². The van der Waals surface area contributed by atoms with Crippen LogP contribution in [0.15, 0.2) is 48.5 Å². The summed E-state index contributed by atoms with van der Waals surface area (Å²) in [5, 5.41) is 22.0. The Bertz CT molecular complexity index is 704. The molecule has 2 unspecified atom stereocenters. The van der Waals surface area contributed by atoms with Crippen LogP contribution >= 0.6 is 0 Å². The minimum Gasteiger partial charge on any atom is -0.508 e. The number of benzene rings is 2. The molecule has 4 heteroatoms. The minimum absolute atomic E-state index is 0.0891. The second-order valence-electron chi connectivity index (χ2n) is 4.73. The number of ketones is 1. The van der Waals surface area contributed by atoms with Gasteiger partial charge >= 0.3 is 0 Å². The summed E-state index contributed by atoms with van der Waals surface area (Å²) in [5.41, 5.74) is 1.89. The number of hydrogen-bond acceptors (Lipinski definition) is 4. The van der Waals surface area contributed by atoms with E-state index in [1.807, 2.05) is 30.3 Å².